The minimum absolute atomic E-state index is 0.261. The maximum Gasteiger partial charge on any atom is 0.375 e. The van der Waals surface area contributed by atoms with E-state index in [1.807, 2.05) is 19.9 Å². The number of ether oxygens (including phenoxy) is 1. The van der Waals surface area contributed by atoms with Crippen molar-refractivity contribution in [1.82, 2.24) is 0 Å². The lowest BCUT2D eigenvalue weighted by Crippen LogP contribution is -2.35. The van der Waals surface area contributed by atoms with Crippen LogP contribution in [0.25, 0.3) is 0 Å². The van der Waals surface area contributed by atoms with Gasteiger partial charge in [-0.2, -0.15) is 0 Å². The fourth-order valence-corrected chi connectivity index (χ4v) is 2.65. The molecule has 0 saturated carbocycles. The van der Waals surface area contributed by atoms with Crippen molar-refractivity contribution in [2.24, 2.45) is 5.92 Å². The molecule has 0 aliphatic heterocycles. The monoisotopic (exact) mass is 260 g/mol. The fraction of sp³-hybridized carbons (Fsp3) is 0.400. The number of Topliss-reactive ketones (excluding diaryl/α,β-unsaturated/α-hetero) is 2. The first-order valence-electron chi connectivity index (χ1n) is 6.22. The quantitative estimate of drug-likeness (QED) is 0.462. The van der Waals surface area contributed by atoms with Gasteiger partial charge in [0.15, 0.2) is 5.78 Å². The molecule has 2 rings (SSSR count). The van der Waals surface area contributed by atoms with Gasteiger partial charge in [-0.15, -0.1) is 0 Å². The van der Waals surface area contributed by atoms with Crippen molar-refractivity contribution in [3.8, 4) is 0 Å². The first kappa shape index (κ1) is 13.5. The van der Waals surface area contributed by atoms with Gasteiger partial charge in [-0.1, -0.05) is 11.6 Å². The summed E-state index contributed by atoms with van der Waals surface area (Å²) in [6, 6.07) is 3.82. The second kappa shape index (κ2) is 4.96. The molecule has 19 heavy (non-hydrogen) atoms. The van der Waals surface area contributed by atoms with E-state index in [9.17, 15) is 14.4 Å². The number of esters is 1. The van der Waals surface area contributed by atoms with Crippen molar-refractivity contribution in [2.45, 2.75) is 26.7 Å². The molecule has 0 spiro atoms. The molecule has 0 heterocycles. The Morgan fingerprint density at radius 2 is 1.95 bits per heavy atom. The number of hydrogen-bond acceptors (Lipinski definition) is 4. The molecule has 4 heteroatoms. The predicted molar refractivity (Wildman–Crippen MR) is 69.1 cm³/mol. The van der Waals surface area contributed by atoms with Gasteiger partial charge in [-0.3, -0.25) is 9.59 Å². The van der Waals surface area contributed by atoms with Gasteiger partial charge in [0.25, 0.3) is 5.78 Å². The van der Waals surface area contributed by atoms with Crippen LogP contribution in [0.3, 0.4) is 0 Å². The van der Waals surface area contributed by atoms with E-state index >= 15 is 0 Å². The SMILES string of the molecule is COC(=O)C(=O)C1CCc2c(C)cc(C)cc2C1=O. The summed E-state index contributed by atoms with van der Waals surface area (Å²) in [6.45, 7) is 3.87. The third-order valence-electron chi connectivity index (χ3n) is 3.59. The molecule has 0 fully saturated rings. The van der Waals surface area contributed by atoms with Gasteiger partial charge < -0.3 is 4.74 Å². The van der Waals surface area contributed by atoms with E-state index in [4.69, 9.17) is 0 Å². The molecule has 1 aliphatic carbocycles. The first-order valence-corrected chi connectivity index (χ1v) is 6.22. The van der Waals surface area contributed by atoms with Crippen molar-refractivity contribution in [3.05, 3.63) is 34.4 Å². The van der Waals surface area contributed by atoms with E-state index in [1.165, 1.54) is 0 Å². The zero-order chi connectivity index (χ0) is 14.2. The molecular formula is C15H16O4. The number of fused-ring (bicyclic) bond motifs is 1. The van der Waals surface area contributed by atoms with Gasteiger partial charge in [0.2, 0.25) is 0 Å². The molecule has 100 valence electrons. The van der Waals surface area contributed by atoms with Crippen LogP contribution in [0.15, 0.2) is 12.1 Å². The molecule has 1 aliphatic rings. The van der Waals surface area contributed by atoms with Crippen LogP contribution in [-0.2, 0) is 20.7 Å². The minimum Gasteiger partial charge on any atom is -0.463 e. The largest absolute Gasteiger partial charge is 0.463 e. The van der Waals surface area contributed by atoms with E-state index in [1.54, 1.807) is 6.07 Å². The number of ketones is 2. The lowest BCUT2D eigenvalue weighted by atomic mass is 9.78. The van der Waals surface area contributed by atoms with E-state index in [-0.39, 0.29) is 5.78 Å². The highest BCUT2D eigenvalue weighted by atomic mass is 16.5. The Morgan fingerprint density at radius 3 is 2.58 bits per heavy atom. The Kier molecular flexibility index (Phi) is 3.51. The van der Waals surface area contributed by atoms with E-state index < -0.39 is 17.7 Å². The predicted octanol–water partition coefficient (Wildman–Crippen LogP) is 1.79. The van der Waals surface area contributed by atoms with Crippen LogP contribution in [0, 0.1) is 19.8 Å². The lowest BCUT2D eigenvalue weighted by molar-refractivity contribution is -0.153. The van der Waals surface area contributed by atoms with Gasteiger partial charge >= 0.3 is 5.97 Å². The number of rotatable bonds is 2. The van der Waals surface area contributed by atoms with Crippen LogP contribution < -0.4 is 0 Å². The topological polar surface area (TPSA) is 60.4 Å². The molecule has 4 nitrogen and oxygen atoms in total. The van der Waals surface area contributed by atoms with E-state index in [0.29, 0.717) is 18.4 Å². The summed E-state index contributed by atoms with van der Waals surface area (Å²) in [5, 5.41) is 0. The fourth-order valence-electron chi connectivity index (χ4n) is 2.65. The van der Waals surface area contributed by atoms with Gasteiger partial charge in [-0.05, 0) is 43.9 Å². The molecule has 1 unspecified atom stereocenters. The number of carbonyl (C=O) groups is 3. The third kappa shape index (κ3) is 2.30. The second-order valence-corrected chi connectivity index (χ2v) is 4.92. The van der Waals surface area contributed by atoms with Gasteiger partial charge in [0.05, 0.1) is 13.0 Å². The number of hydrogen-bond donors (Lipinski definition) is 0. The Morgan fingerprint density at radius 1 is 1.26 bits per heavy atom. The van der Waals surface area contributed by atoms with Crippen LogP contribution >= 0.6 is 0 Å². The molecule has 1 aromatic rings. The second-order valence-electron chi connectivity index (χ2n) is 4.92. The molecular weight excluding hydrogens is 244 g/mol. The number of methoxy groups -OCH3 is 1. The van der Waals surface area contributed by atoms with Crippen LogP contribution in [0.4, 0.5) is 0 Å². The van der Waals surface area contributed by atoms with Gasteiger partial charge in [0.1, 0.15) is 0 Å². The summed E-state index contributed by atoms with van der Waals surface area (Å²) in [5.41, 5.74) is 3.61. The molecule has 0 aromatic heterocycles. The highest BCUT2D eigenvalue weighted by Gasteiger charge is 2.37. The smallest absolute Gasteiger partial charge is 0.375 e. The number of aryl methyl sites for hydroxylation is 2. The maximum absolute atomic E-state index is 12.4. The number of carbonyl (C=O) groups excluding carboxylic acids is 3. The van der Waals surface area contributed by atoms with Crippen molar-refractivity contribution in [2.75, 3.05) is 7.11 Å². The molecule has 1 atom stereocenters. The van der Waals surface area contributed by atoms with Crippen LogP contribution in [0.1, 0.15) is 33.5 Å². The van der Waals surface area contributed by atoms with Crippen molar-refractivity contribution in [3.63, 3.8) is 0 Å². The standard InChI is InChI=1S/C15H16O4/c1-8-6-9(2)10-4-5-11(13(16)12(10)7-8)14(17)15(18)19-3/h6-7,11H,4-5H2,1-3H3. The Bertz CT molecular complexity index is 572. The highest BCUT2D eigenvalue weighted by Crippen LogP contribution is 2.29. The molecule has 0 saturated heterocycles. The Balaban J connectivity index is 2.40. The summed E-state index contributed by atoms with van der Waals surface area (Å²) in [5.74, 6) is -2.83. The normalized spacial score (nSPS) is 17.8. The average molecular weight is 260 g/mol. The molecule has 1 aromatic carbocycles. The van der Waals surface area contributed by atoms with E-state index in [0.717, 1.165) is 23.8 Å². The Labute approximate surface area is 111 Å². The van der Waals surface area contributed by atoms with Crippen LogP contribution in [-0.4, -0.2) is 24.6 Å². The van der Waals surface area contributed by atoms with E-state index in [2.05, 4.69) is 4.74 Å². The van der Waals surface area contributed by atoms with Gasteiger partial charge in [-0.25, -0.2) is 4.79 Å². The summed E-state index contributed by atoms with van der Waals surface area (Å²) in [7, 11) is 1.15. The number of benzene rings is 1. The molecule has 0 amide bonds. The van der Waals surface area contributed by atoms with Crippen molar-refractivity contribution >= 4 is 17.5 Å². The Hall–Kier alpha value is -1.97. The highest BCUT2D eigenvalue weighted by molar-refractivity contribution is 6.39. The van der Waals surface area contributed by atoms with Crippen molar-refractivity contribution in [1.29, 1.82) is 0 Å². The third-order valence-corrected chi connectivity index (χ3v) is 3.59. The van der Waals surface area contributed by atoms with Crippen LogP contribution in [0.2, 0.25) is 0 Å². The summed E-state index contributed by atoms with van der Waals surface area (Å²) in [4.78, 5) is 35.5. The zero-order valence-electron chi connectivity index (χ0n) is 11.3. The zero-order valence-corrected chi connectivity index (χ0v) is 11.3. The minimum atomic E-state index is -0.939. The molecule has 0 radical (unpaired) electrons. The lowest BCUT2D eigenvalue weighted by Gasteiger charge is -2.23. The average Bonchev–Trinajstić information content (AvgIpc) is 2.38. The summed E-state index contributed by atoms with van der Waals surface area (Å²) in [6.07, 6.45) is 1.02. The molecule has 0 N–H and O–H groups in total. The van der Waals surface area contributed by atoms with Crippen molar-refractivity contribution < 1.29 is 19.1 Å². The van der Waals surface area contributed by atoms with Gasteiger partial charge in [0, 0.05) is 5.56 Å². The summed E-state index contributed by atoms with van der Waals surface area (Å²) >= 11 is 0. The van der Waals surface area contributed by atoms with Crippen LogP contribution in [0.5, 0.6) is 0 Å². The summed E-state index contributed by atoms with van der Waals surface area (Å²) < 4.78 is 4.41. The molecule has 0 bridgehead atoms. The first-order chi connectivity index (χ1) is 8.95. The maximum atomic E-state index is 12.4.